The third kappa shape index (κ3) is 5.60. The third-order valence-electron chi connectivity index (χ3n) is 8.98. The topological polar surface area (TPSA) is 81.2 Å². The van der Waals surface area contributed by atoms with Gasteiger partial charge in [0, 0.05) is 51.5 Å². The van der Waals surface area contributed by atoms with Crippen molar-refractivity contribution in [2.75, 3.05) is 13.1 Å². The first kappa shape index (κ1) is 28.6. The van der Waals surface area contributed by atoms with Crippen LogP contribution in [0.5, 0.6) is 0 Å². The average Bonchev–Trinajstić information content (AvgIpc) is 3.83. The average molecular weight is 624 g/mol. The number of carbonyl (C=O) groups excluding carboxylic acids is 2. The van der Waals surface area contributed by atoms with Crippen molar-refractivity contribution in [3.05, 3.63) is 135 Å². The molecule has 1 saturated heterocycles. The van der Waals surface area contributed by atoms with Gasteiger partial charge in [-0.15, -0.1) is 0 Å². The molecule has 2 aliphatic rings. The van der Waals surface area contributed by atoms with Gasteiger partial charge in [0.25, 0.3) is 5.91 Å². The molecule has 2 fully saturated rings. The number of carbonyl (C=O) groups is 2. The monoisotopic (exact) mass is 622 g/mol. The Morgan fingerprint density at radius 1 is 0.727 bits per heavy atom. The molecule has 7 rings (SSSR count). The van der Waals surface area contributed by atoms with Gasteiger partial charge in [-0.3, -0.25) is 14.3 Å². The van der Waals surface area contributed by atoms with Crippen molar-refractivity contribution >= 4 is 45.9 Å². The molecule has 0 radical (unpaired) electrons. The molecule has 1 saturated carbocycles. The van der Waals surface area contributed by atoms with Crippen LogP contribution >= 0.6 is 23.2 Å². The Balaban J connectivity index is 1.20. The molecule has 44 heavy (non-hydrogen) atoms. The molecule has 222 valence electrons. The Hall–Kier alpha value is -4.13. The molecule has 1 aromatic heterocycles. The predicted octanol–water partition coefficient (Wildman–Crippen LogP) is 7.98. The van der Waals surface area contributed by atoms with Gasteiger partial charge in [-0.2, -0.15) is 5.10 Å². The molecule has 0 atom stereocenters. The van der Waals surface area contributed by atoms with E-state index in [1.807, 2.05) is 29.2 Å². The number of rotatable bonds is 7. The van der Waals surface area contributed by atoms with Crippen LogP contribution < -0.4 is 5.73 Å². The van der Waals surface area contributed by atoms with Gasteiger partial charge in [0.2, 0.25) is 5.91 Å². The number of amides is 2. The van der Waals surface area contributed by atoms with E-state index in [1.165, 1.54) is 16.5 Å². The van der Waals surface area contributed by atoms with Crippen molar-refractivity contribution in [2.24, 2.45) is 5.73 Å². The van der Waals surface area contributed by atoms with Gasteiger partial charge < -0.3 is 10.6 Å². The zero-order valence-corrected chi connectivity index (χ0v) is 25.6. The molecule has 6 nitrogen and oxygen atoms in total. The van der Waals surface area contributed by atoms with Crippen LogP contribution in [0.3, 0.4) is 0 Å². The van der Waals surface area contributed by atoms with Crippen LogP contribution in [0.4, 0.5) is 0 Å². The van der Waals surface area contributed by atoms with Crippen LogP contribution in [-0.2, 0) is 0 Å². The van der Waals surface area contributed by atoms with Gasteiger partial charge in [-0.1, -0.05) is 53.5 Å². The molecular weight excluding hydrogens is 591 g/mol. The number of primary amides is 1. The minimum Gasteiger partial charge on any atom is -0.366 e. The Labute approximate surface area is 266 Å². The summed E-state index contributed by atoms with van der Waals surface area (Å²) in [5, 5.41) is 7.84. The van der Waals surface area contributed by atoms with Gasteiger partial charge >= 0.3 is 0 Å². The number of nitrogens with two attached hydrogens (primary N) is 1. The first-order valence-electron chi connectivity index (χ1n) is 15.1. The van der Waals surface area contributed by atoms with Gasteiger partial charge in [0.15, 0.2) is 0 Å². The molecule has 2 amide bonds. The second kappa shape index (κ2) is 11.8. The second-order valence-electron chi connectivity index (χ2n) is 11.9. The SMILES string of the molecule is NC(=O)c1ccc(C(=O)N2CCC(c3nn(C4CC4)c4ccc(C(c5ccc(Cl)cc5)c5ccc(Cl)cc5)cc34)CC2)cc1. The summed E-state index contributed by atoms with van der Waals surface area (Å²) in [6, 6.07) is 29.9. The molecule has 2 heterocycles. The summed E-state index contributed by atoms with van der Waals surface area (Å²) in [5.41, 5.74) is 12.1. The normalized spacial score (nSPS) is 15.7. The maximum Gasteiger partial charge on any atom is 0.253 e. The van der Waals surface area contributed by atoms with E-state index in [2.05, 4.69) is 47.1 Å². The summed E-state index contributed by atoms with van der Waals surface area (Å²) in [4.78, 5) is 26.6. The third-order valence-corrected chi connectivity index (χ3v) is 9.48. The van der Waals surface area contributed by atoms with Crippen LogP contribution in [0.2, 0.25) is 10.0 Å². The number of likely N-dealkylation sites (tertiary alicyclic amines) is 1. The summed E-state index contributed by atoms with van der Waals surface area (Å²) in [5.74, 6) is -0.271. The van der Waals surface area contributed by atoms with Crippen LogP contribution in [0, 0.1) is 0 Å². The van der Waals surface area contributed by atoms with E-state index in [0.29, 0.717) is 40.3 Å². The van der Waals surface area contributed by atoms with Crippen molar-refractivity contribution in [3.63, 3.8) is 0 Å². The van der Waals surface area contributed by atoms with Crippen molar-refractivity contribution in [2.45, 2.75) is 43.6 Å². The fourth-order valence-corrected chi connectivity index (χ4v) is 6.72. The molecule has 8 heteroatoms. The number of nitrogens with zero attached hydrogens (tertiary/aromatic N) is 3. The molecule has 0 spiro atoms. The highest BCUT2D eigenvalue weighted by Gasteiger charge is 2.32. The van der Waals surface area contributed by atoms with Gasteiger partial charge in [-0.05, 0) is 103 Å². The second-order valence-corrected chi connectivity index (χ2v) is 12.8. The summed E-state index contributed by atoms with van der Waals surface area (Å²) in [6.45, 7) is 1.30. The van der Waals surface area contributed by atoms with Crippen molar-refractivity contribution in [3.8, 4) is 0 Å². The number of hydrogen-bond donors (Lipinski definition) is 1. The van der Waals surface area contributed by atoms with E-state index >= 15 is 0 Å². The molecule has 0 bridgehead atoms. The minimum atomic E-state index is -0.501. The number of hydrogen-bond acceptors (Lipinski definition) is 3. The predicted molar refractivity (Wildman–Crippen MR) is 175 cm³/mol. The Morgan fingerprint density at radius 2 is 1.27 bits per heavy atom. The van der Waals surface area contributed by atoms with Gasteiger partial charge in [0.05, 0.1) is 17.3 Å². The Kier molecular flexibility index (Phi) is 7.65. The molecular formula is C36H32Cl2N4O2. The number of piperidine rings is 1. The number of aromatic nitrogens is 2. The lowest BCUT2D eigenvalue weighted by Crippen LogP contribution is -2.38. The van der Waals surface area contributed by atoms with Crippen molar-refractivity contribution < 1.29 is 9.59 Å². The zero-order chi connectivity index (χ0) is 30.4. The molecule has 1 aliphatic heterocycles. The van der Waals surface area contributed by atoms with Crippen molar-refractivity contribution in [1.29, 1.82) is 0 Å². The lowest BCUT2D eigenvalue weighted by Gasteiger charge is -2.31. The van der Waals surface area contributed by atoms with Crippen LogP contribution in [-0.4, -0.2) is 39.6 Å². The van der Waals surface area contributed by atoms with Crippen LogP contribution in [0.15, 0.2) is 91.0 Å². The van der Waals surface area contributed by atoms with Gasteiger partial charge in [0.1, 0.15) is 0 Å². The van der Waals surface area contributed by atoms with E-state index < -0.39 is 5.91 Å². The fourth-order valence-electron chi connectivity index (χ4n) is 6.46. The maximum absolute atomic E-state index is 13.2. The Morgan fingerprint density at radius 3 is 1.82 bits per heavy atom. The highest BCUT2D eigenvalue weighted by Crippen LogP contribution is 2.42. The highest BCUT2D eigenvalue weighted by atomic mass is 35.5. The standard InChI is InChI=1S/C36H32Cl2N4O2/c37-28-10-5-22(6-11-28)33(23-7-12-29(38)13-8-23)27-9-16-32-31(21-27)34(40-42(32)30-14-15-30)24-17-19-41(20-18-24)36(44)26-3-1-25(2-4-26)35(39)43/h1-13,16,21,24,30,33H,14-15,17-20H2,(H2,39,43). The summed E-state index contributed by atoms with van der Waals surface area (Å²) in [7, 11) is 0. The number of benzene rings is 4. The van der Waals surface area contributed by atoms with Crippen LogP contribution in [0.25, 0.3) is 10.9 Å². The Bertz CT molecular complexity index is 1790. The van der Waals surface area contributed by atoms with E-state index in [4.69, 9.17) is 34.0 Å². The maximum atomic E-state index is 13.2. The van der Waals surface area contributed by atoms with E-state index in [0.717, 1.165) is 42.5 Å². The van der Waals surface area contributed by atoms with E-state index in [9.17, 15) is 9.59 Å². The fraction of sp³-hybridized carbons (Fsp3) is 0.250. The highest BCUT2D eigenvalue weighted by molar-refractivity contribution is 6.30. The smallest absolute Gasteiger partial charge is 0.253 e. The molecule has 5 aromatic rings. The zero-order valence-electron chi connectivity index (χ0n) is 24.1. The molecule has 2 N–H and O–H groups in total. The van der Waals surface area contributed by atoms with Crippen molar-refractivity contribution in [1.82, 2.24) is 14.7 Å². The minimum absolute atomic E-state index is 0.00600. The first-order valence-corrected chi connectivity index (χ1v) is 15.8. The molecule has 0 unspecified atom stereocenters. The van der Waals surface area contributed by atoms with Gasteiger partial charge in [-0.25, -0.2) is 0 Å². The molecule has 4 aromatic carbocycles. The summed E-state index contributed by atoms with van der Waals surface area (Å²) >= 11 is 12.5. The number of halogens is 2. The number of fused-ring (bicyclic) bond motifs is 1. The lowest BCUT2D eigenvalue weighted by atomic mass is 9.84. The molecule has 1 aliphatic carbocycles. The van der Waals surface area contributed by atoms with E-state index in [1.54, 1.807) is 24.3 Å². The summed E-state index contributed by atoms with van der Waals surface area (Å²) < 4.78 is 2.23. The van der Waals surface area contributed by atoms with E-state index in [-0.39, 0.29) is 17.7 Å². The van der Waals surface area contributed by atoms with Crippen LogP contribution in [0.1, 0.15) is 86.7 Å². The largest absolute Gasteiger partial charge is 0.366 e. The lowest BCUT2D eigenvalue weighted by molar-refractivity contribution is 0.0711. The quantitative estimate of drug-likeness (QED) is 0.187. The first-order chi connectivity index (χ1) is 21.4. The summed E-state index contributed by atoms with van der Waals surface area (Å²) in [6.07, 6.45) is 3.98.